The molecule has 0 heterocycles. The molecule has 4 nitrogen and oxygen atoms in total. The van der Waals surface area contributed by atoms with E-state index in [0.29, 0.717) is 6.04 Å². The molecule has 1 aromatic rings. The van der Waals surface area contributed by atoms with Crippen LogP contribution in [0.3, 0.4) is 0 Å². The Labute approximate surface area is 121 Å². The summed E-state index contributed by atoms with van der Waals surface area (Å²) in [7, 11) is 2.21. The van der Waals surface area contributed by atoms with Gasteiger partial charge in [0.15, 0.2) is 6.61 Å². The van der Waals surface area contributed by atoms with Crippen molar-refractivity contribution in [1.82, 2.24) is 10.2 Å². The second-order valence-electron chi connectivity index (χ2n) is 5.47. The maximum atomic E-state index is 8.51. The number of likely N-dealkylation sites (N-methyl/N-ethyl adjacent to an activating group) is 1. The predicted octanol–water partition coefficient (Wildman–Crippen LogP) is 2.16. The van der Waals surface area contributed by atoms with Crippen molar-refractivity contribution < 1.29 is 4.74 Å². The molecule has 1 aromatic carbocycles. The molecule has 2 rings (SSSR count). The zero-order chi connectivity index (χ0) is 14.4. The van der Waals surface area contributed by atoms with Gasteiger partial charge in [-0.25, -0.2) is 0 Å². The van der Waals surface area contributed by atoms with E-state index in [4.69, 9.17) is 10.00 Å². The quantitative estimate of drug-likeness (QED) is 0.788. The Balaban J connectivity index is 1.74. The van der Waals surface area contributed by atoms with Crippen LogP contribution in [-0.2, 0) is 6.54 Å². The van der Waals surface area contributed by atoms with Gasteiger partial charge in [-0.2, -0.15) is 5.26 Å². The van der Waals surface area contributed by atoms with Crippen LogP contribution in [-0.4, -0.2) is 37.2 Å². The highest BCUT2D eigenvalue weighted by Crippen LogP contribution is 2.26. The summed E-state index contributed by atoms with van der Waals surface area (Å²) in [5, 5.41) is 12.0. The van der Waals surface area contributed by atoms with Crippen LogP contribution in [0.2, 0.25) is 0 Å². The predicted molar refractivity (Wildman–Crippen MR) is 79.5 cm³/mol. The molecule has 1 aliphatic carbocycles. The molecule has 1 atom stereocenters. The van der Waals surface area contributed by atoms with E-state index in [1.165, 1.54) is 18.4 Å². The molecule has 1 N–H and O–H groups in total. The molecule has 20 heavy (non-hydrogen) atoms. The molecule has 1 saturated carbocycles. The maximum absolute atomic E-state index is 8.51. The average molecular weight is 273 g/mol. The largest absolute Gasteiger partial charge is 0.479 e. The fourth-order valence-corrected chi connectivity index (χ4v) is 2.27. The number of ether oxygens (including phenoxy) is 1. The lowest BCUT2D eigenvalue weighted by Crippen LogP contribution is -2.38. The minimum Gasteiger partial charge on any atom is -0.479 e. The molecule has 0 bridgehead atoms. The van der Waals surface area contributed by atoms with E-state index >= 15 is 0 Å². The van der Waals surface area contributed by atoms with Crippen molar-refractivity contribution in [3.05, 3.63) is 29.8 Å². The number of nitrogens with one attached hydrogen (secondary N) is 1. The lowest BCUT2D eigenvalue weighted by molar-refractivity contribution is 0.241. The molecule has 4 heteroatoms. The Morgan fingerprint density at radius 3 is 3.00 bits per heavy atom. The molecule has 0 aromatic heterocycles. The summed E-state index contributed by atoms with van der Waals surface area (Å²) in [5.41, 5.74) is 1.18. The second kappa shape index (κ2) is 7.28. The molecule has 0 aliphatic heterocycles. The Morgan fingerprint density at radius 2 is 2.30 bits per heavy atom. The van der Waals surface area contributed by atoms with Gasteiger partial charge in [-0.05, 0) is 44.5 Å². The lowest BCUT2D eigenvalue weighted by Gasteiger charge is -2.24. The van der Waals surface area contributed by atoms with Crippen LogP contribution in [0.25, 0.3) is 0 Å². The van der Waals surface area contributed by atoms with Gasteiger partial charge in [0.1, 0.15) is 11.8 Å². The van der Waals surface area contributed by atoms with Gasteiger partial charge >= 0.3 is 0 Å². The fourth-order valence-electron chi connectivity index (χ4n) is 2.27. The van der Waals surface area contributed by atoms with Gasteiger partial charge in [-0.15, -0.1) is 0 Å². The van der Waals surface area contributed by atoms with Crippen molar-refractivity contribution in [2.24, 2.45) is 0 Å². The second-order valence-corrected chi connectivity index (χ2v) is 5.47. The minimum atomic E-state index is 0.0973. The Morgan fingerprint density at radius 1 is 1.50 bits per heavy atom. The zero-order valence-corrected chi connectivity index (χ0v) is 12.3. The van der Waals surface area contributed by atoms with Gasteiger partial charge in [-0.1, -0.05) is 12.1 Å². The van der Waals surface area contributed by atoms with E-state index in [2.05, 4.69) is 30.3 Å². The molecular weight excluding hydrogens is 250 g/mol. The third-order valence-electron chi connectivity index (χ3n) is 3.79. The number of hydrogen-bond acceptors (Lipinski definition) is 4. The number of benzene rings is 1. The van der Waals surface area contributed by atoms with E-state index in [1.54, 1.807) is 0 Å². The minimum absolute atomic E-state index is 0.0973. The van der Waals surface area contributed by atoms with Crippen LogP contribution in [0.5, 0.6) is 5.75 Å². The molecule has 0 amide bonds. The first-order valence-electron chi connectivity index (χ1n) is 7.22. The normalized spacial score (nSPS) is 15.9. The van der Waals surface area contributed by atoms with Crippen LogP contribution in [0.1, 0.15) is 25.3 Å². The molecule has 108 valence electrons. The Hall–Kier alpha value is -1.57. The maximum Gasteiger partial charge on any atom is 0.174 e. The van der Waals surface area contributed by atoms with Crippen molar-refractivity contribution in [2.75, 3.05) is 20.2 Å². The van der Waals surface area contributed by atoms with E-state index in [0.717, 1.165) is 24.9 Å². The standard InChI is InChI=1S/C16H23N3O/c1-13(19(2)15-6-7-15)11-18-12-14-4-3-5-16(10-14)20-9-8-17/h3-5,10,13,15,18H,6-7,9,11-12H2,1-2H3. The van der Waals surface area contributed by atoms with E-state index in [1.807, 2.05) is 24.3 Å². The van der Waals surface area contributed by atoms with Gasteiger partial charge in [-0.3, -0.25) is 4.90 Å². The summed E-state index contributed by atoms with van der Waals surface area (Å²) in [4.78, 5) is 2.46. The van der Waals surface area contributed by atoms with Crippen LogP contribution in [0, 0.1) is 11.3 Å². The Bertz CT molecular complexity index is 465. The van der Waals surface area contributed by atoms with Gasteiger partial charge in [0.25, 0.3) is 0 Å². The van der Waals surface area contributed by atoms with Gasteiger partial charge < -0.3 is 10.1 Å². The number of nitriles is 1. The van der Waals surface area contributed by atoms with Crippen molar-refractivity contribution in [3.8, 4) is 11.8 Å². The third kappa shape index (κ3) is 4.52. The molecule has 1 unspecified atom stereocenters. The van der Waals surface area contributed by atoms with Crippen molar-refractivity contribution in [2.45, 2.75) is 38.4 Å². The third-order valence-corrected chi connectivity index (χ3v) is 3.79. The smallest absolute Gasteiger partial charge is 0.174 e. The number of nitrogens with zero attached hydrogens (tertiary/aromatic N) is 2. The van der Waals surface area contributed by atoms with E-state index in [-0.39, 0.29) is 6.61 Å². The highest BCUT2D eigenvalue weighted by molar-refractivity contribution is 5.28. The van der Waals surface area contributed by atoms with Crippen LogP contribution in [0.4, 0.5) is 0 Å². The van der Waals surface area contributed by atoms with Crippen LogP contribution >= 0.6 is 0 Å². The highest BCUT2D eigenvalue weighted by Gasteiger charge is 2.28. The van der Waals surface area contributed by atoms with Crippen LogP contribution < -0.4 is 10.1 Å². The average Bonchev–Trinajstić information content (AvgIpc) is 3.29. The Kier molecular flexibility index (Phi) is 5.40. The SMILES string of the molecule is CC(CNCc1cccc(OCC#N)c1)N(C)C1CC1. The summed E-state index contributed by atoms with van der Waals surface area (Å²) in [5.74, 6) is 0.758. The number of hydrogen-bond donors (Lipinski definition) is 1. The summed E-state index contributed by atoms with van der Waals surface area (Å²) >= 11 is 0. The van der Waals surface area contributed by atoms with Gasteiger partial charge in [0.05, 0.1) is 0 Å². The van der Waals surface area contributed by atoms with Gasteiger partial charge in [0, 0.05) is 25.2 Å². The van der Waals surface area contributed by atoms with E-state index in [9.17, 15) is 0 Å². The lowest BCUT2D eigenvalue weighted by atomic mass is 10.2. The van der Waals surface area contributed by atoms with Crippen LogP contribution in [0.15, 0.2) is 24.3 Å². The first kappa shape index (κ1) is 14.8. The zero-order valence-electron chi connectivity index (χ0n) is 12.3. The first-order valence-corrected chi connectivity index (χ1v) is 7.22. The molecule has 1 fully saturated rings. The monoisotopic (exact) mass is 273 g/mol. The number of rotatable bonds is 8. The van der Waals surface area contributed by atoms with Crippen molar-refractivity contribution >= 4 is 0 Å². The first-order chi connectivity index (χ1) is 9.70. The van der Waals surface area contributed by atoms with Crippen molar-refractivity contribution in [3.63, 3.8) is 0 Å². The van der Waals surface area contributed by atoms with E-state index < -0.39 is 0 Å². The molecule has 0 saturated heterocycles. The molecule has 0 radical (unpaired) electrons. The summed E-state index contributed by atoms with van der Waals surface area (Å²) in [6.45, 7) is 4.17. The summed E-state index contributed by atoms with van der Waals surface area (Å²) in [6.07, 6.45) is 2.69. The molecule has 0 spiro atoms. The van der Waals surface area contributed by atoms with Crippen molar-refractivity contribution in [1.29, 1.82) is 5.26 Å². The highest BCUT2D eigenvalue weighted by atomic mass is 16.5. The summed E-state index contributed by atoms with van der Waals surface area (Å²) in [6, 6.07) is 11.2. The van der Waals surface area contributed by atoms with Gasteiger partial charge in [0.2, 0.25) is 0 Å². The molecule has 1 aliphatic rings. The topological polar surface area (TPSA) is 48.3 Å². The summed E-state index contributed by atoms with van der Waals surface area (Å²) < 4.78 is 5.30. The molecular formula is C16H23N3O. The fraction of sp³-hybridized carbons (Fsp3) is 0.562.